The molecule has 0 fully saturated rings. The van der Waals surface area contributed by atoms with Crippen LogP contribution in [0.15, 0.2) is 18.2 Å². The van der Waals surface area contributed by atoms with Gasteiger partial charge in [-0.2, -0.15) is 0 Å². The number of carbonyl (C=O) groups is 1. The first-order valence-corrected chi connectivity index (χ1v) is 6.24. The van der Waals surface area contributed by atoms with Crippen LogP contribution >= 0.6 is 0 Å². The summed E-state index contributed by atoms with van der Waals surface area (Å²) in [6, 6.07) is 5.22. The standard InChI is InChI=1S/C14H22N2O2/c1-5-12(9(2)3)16-14(17)11-8-10(15)6-7-13(11)18-4/h6-9,12H,5,15H2,1-4H3,(H,16,17). The molecule has 0 aliphatic rings. The van der Waals surface area contributed by atoms with E-state index in [2.05, 4.69) is 26.1 Å². The summed E-state index contributed by atoms with van der Waals surface area (Å²) in [7, 11) is 1.54. The van der Waals surface area contributed by atoms with Crippen molar-refractivity contribution >= 4 is 11.6 Å². The third-order valence-corrected chi connectivity index (χ3v) is 3.03. The molecule has 4 heteroatoms. The Hall–Kier alpha value is -1.71. The molecule has 1 amide bonds. The van der Waals surface area contributed by atoms with E-state index in [0.717, 1.165) is 6.42 Å². The van der Waals surface area contributed by atoms with Crippen molar-refractivity contribution in [2.45, 2.75) is 33.2 Å². The summed E-state index contributed by atoms with van der Waals surface area (Å²) in [4.78, 5) is 12.2. The minimum Gasteiger partial charge on any atom is -0.496 e. The van der Waals surface area contributed by atoms with Gasteiger partial charge in [-0.15, -0.1) is 0 Å². The second kappa shape index (κ2) is 6.28. The van der Waals surface area contributed by atoms with E-state index >= 15 is 0 Å². The van der Waals surface area contributed by atoms with Crippen molar-refractivity contribution in [1.82, 2.24) is 5.32 Å². The maximum absolute atomic E-state index is 12.2. The Kier molecular flexibility index (Phi) is 5.01. The first kappa shape index (κ1) is 14.4. The Balaban J connectivity index is 2.92. The van der Waals surface area contributed by atoms with Crippen molar-refractivity contribution in [3.63, 3.8) is 0 Å². The minimum atomic E-state index is -0.139. The molecule has 1 atom stereocenters. The van der Waals surface area contributed by atoms with Gasteiger partial charge in [-0.3, -0.25) is 4.79 Å². The van der Waals surface area contributed by atoms with Crippen molar-refractivity contribution in [2.24, 2.45) is 5.92 Å². The second-order valence-electron chi connectivity index (χ2n) is 4.69. The Morgan fingerprint density at radius 2 is 2.11 bits per heavy atom. The fraction of sp³-hybridized carbons (Fsp3) is 0.500. The Morgan fingerprint density at radius 3 is 2.61 bits per heavy atom. The van der Waals surface area contributed by atoms with Crippen LogP contribution in [0.4, 0.5) is 5.69 Å². The summed E-state index contributed by atoms with van der Waals surface area (Å²) >= 11 is 0. The van der Waals surface area contributed by atoms with Crippen molar-refractivity contribution in [3.8, 4) is 5.75 Å². The van der Waals surface area contributed by atoms with Gasteiger partial charge < -0.3 is 15.8 Å². The van der Waals surface area contributed by atoms with Gasteiger partial charge in [0.2, 0.25) is 0 Å². The third kappa shape index (κ3) is 3.39. The molecule has 1 unspecified atom stereocenters. The number of nitrogens with two attached hydrogens (primary N) is 1. The highest BCUT2D eigenvalue weighted by atomic mass is 16.5. The Bertz CT molecular complexity index is 416. The fourth-order valence-corrected chi connectivity index (χ4v) is 1.89. The van der Waals surface area contributed by atoms with Gasteiger partial charge in [0.25, 0.3) is 5.91 Å². The molecular formula is C14H22N2O2. The van der Waals surface area contributed by atoms with Crippen LogP contribution in [0.2, 0.25) is 0 Å². The Labute approximate surface area is 109 Å². The lowest BCUT2D eigenvalue weighted by atomic mass is 10.0. The number of nitrogen functional groups attached to an aromatic ring is 1. The highest BCUT2D eigenvalue weighted by Gasteiger charge is 2.18. The van der Waals surface area contributed by atoms with E-state index < -0.39 is 0 Å². The topological polar surface area (TPSA) is 64.4 Å². The summed E-state index contributed by atoms with van der Waals surface area (Å²) in [5.74, 6) is 0.797. The normalized spacial score (nSPS) is 12.3. The van der Waals surface area contributed by atoms with Crippen LogP contribution in [-0.4, -0.2) is 19.1 Å². The van der Waals surface area contributed by atoms with Crippen molar-refractivity contribution in [3.05, 3.63) is 23.8 Å². The molecule has 1 aromatic carbocycles. The molecule has 0 aliphatic heterocycles. The molecule has 0 radical (unpaired) electrons. The third-order valence-electron chi connectivity index (χ3n) is 3.03. The van der Waals surface area contributed by atoms with Crippen LogP contribution in [0.3, 0.4) is 0 Å². The number of carbonyl (C=O) groups excluding carboxylic acids is 1. The van der Waals surface area contributed by atoms with Crippen LogP contribution < -0.4 is 15.8 Å². The average molecular weight is 250 g/mol. The quantitative estimate of drug-likeness (QED) is 0.789. The van der Waals surface area contributed by atoms with E-state index in [1.165, 1.54) is 0 Å². The summed E-state index contributed by atoms with van der Waals surface area (Å²) in [5.41, 5.74) is 6.74. The molecule has 1 rings (SSSR count). The lowest BCUT2D eigenvalue weighted by Gasteiger charge is -2.21. The lowest BCUT2D eigenvalue weighted by molar-refractivity contribution is 0.0921. The number of ether oxygens (including phenoxy) is 1. The zero-order chi connectivity index (χ0) is 13.7. The predicted octanol–water partition coefficient (Wildman–Crippen LogP) is 2.44. The van der Waals surface area contributed by atoms with Gasteiger partial charge in [-0.25, -0.2) is 0 Å². The lowest BCUT2D eigenvalue weighted by Crippen LogP contribution is -2.38. The van der Waals surface area contributed by atoms with Crippen LogP contribution in [0, 0.1) is 5.92 Å². The average Bonchev–Trinajstić information content (AvgIpc) is 2.35. The monoisotopic (exact) mass is 250 g/mol. The number of amides is 1. The minimum absolute atomic E-state index is 0.139. The maximum Gasteiger partial charge on any atom is 0.255 e. The number of hydrogen-bond donors (Lipinski definition) is 2. The van der Waals surface area contributed by atoms with Gasteiger partial charge in [0, 0.05) is 11.7 Å². The SMILES string of the molecule is CCC(NC(=O)c1cc(N)ccc1OC)C(C)C. The summed E-state index contributed by atoms with van der Waals surface area (Å²) in [5, 5.41) is 3.01. The van der Waals surface area contributed by atoms with Gasteiger partial charge >= 0.3 is 0 Å². The van der Waals surface area contributed by atoms with Crippen molar-refractivity contribution < 1.29 is 9.53 Å². The maximum atomic E-state index is 12.2. The van der Waals surface area contributed by atoms with Gasteiger partial charge in [0.15, 0.2) is 0 Å². The molecule has 0 spiro atoms. The van der Waals surface area contributed by atoms with E-state index in [4.69, 9.17) is 10.5 Å². The van der Waals surface area contributed by atoms with E-state index in [9.17, 15) is 4.79 Å². The molecule has 0 heterocycles. The van der Waals surface area contributed by atoms with Crippen molar-refractivity contribution in [1.29, 1.82) is 0 Å². The highest BCUT2D eigenvalue weighted by molar-refractivity contribution is 5.98. The number of methoxy groups -OCH3 is 1. The molecule has 0 saturated heterocycles. The van der Waals surface area contributed by atoms with Gasteiger partial charge in [0.05, 0.1) is 12.7 Å². The largest absolute Gasteiger partial charge is 0.496 e. The number of hydrogen-bond acceptors (Lipinski definition) is 3. The zero-order valence-corrected chi connectivity index (χ0v) is 11.5. The van der Waals surface area contributed by atoms with Gasteiger partial charge in [-0.1, -0.05) is 20.8 Å². The predicted molar refractivity (Wildman–Crippen MR) is 73.8 cm³/mol. The van der Waals surface area contributed by atoms with E-state index in [0.29, 0.717) is 22.9 Å². The van der Waals surface area contributed by atoms with E-state index in [-0.39, 0.29) is 11.9 Å². The summed E-state index contributed by atoms with van der Waals surface area (Å²) < 4.78 is 5.18. The molecule has 0 aromatic heterocycles. The van der Waals surface area contributed by atoms with Crippen LogP contribution in [0.25, 0.3) is 0 Å². The number of benzene rings is 1. The van der Waals surface area contributed by atoms with E-state index in [1.54, 1.807) is 25.3 Å². The van der Waals surface area contributed by atoms with Crippen LogP contribution in [-0.2, 0) is 0 Å². The molecule has 0 saturated carbocycles. The second-order valence-corrected chi connectivity index (χ2v) is 4.69. The number of nitrogens with one attached hydrogen (secondary N) is 1. The molecule has 3 N–H and O–H groups in total. The molecule has 0 bridgehead atoms. The summed E-state index contributed by atoms with van der Waals surface area (Å²) in [6.07, 6.45) is 0.897. The molecule has 18 heavy (non-hydrogen) atoms. The molecule has 100 valence electrons. The zero-order valence-electron chi connectivity index (χ0n) is 11.5. The molecule has 1 aromatic rings. The first-order valence-electron chi connectivity index (χ1n) is 6.24. The summed E-state index contributed by atoms with van der Waals surface area (Å²) in [6.45, 7) is 6.23. The van der Waals surface area contributed by atoms with Gasteiger partial charge in [-0.05, 0) is 30.5 Å². The number of rotatable bonds is 5. The number of anilines is 1. The molecule has 4 nitrogen and oxygen atoms in total. The van der Waals surface area contributed by atoms with Gasteiger partial charge in [0.1, 0.15) is 5.75 Å². The molecule has 0 aliphatic carbocycles. The fourth-order valence-electron chi connectivity index (χ4n) is 1.89. The van der Waals surface area contributed by atoms with E-state index in [1.807, 2.05) is 0 Å². The van der Waals surface area contributed by atoms with Crippen LogP contribution in [0.5, 0.6) is 5.75 Å². The van der Waals surface area contributed by atoms with Crippen molar-refractivity contribution in [2.75, 3.05) is 12.8 Å². The van der Waals surface area contributed by atoms with Crippen LogP contribution in [0.1, 0.15) is 37.6 Å². The molecular weight excluding hydrogens is 228 g/mol. The Morgan fingerprint density at radius 1 is 1.44 bits per heavy atom. The smallest absolute Gasteiger partial charge is 0.255 e. The highest BCUT2D eigenvalue weighted by Crippen LogP contribution is 2.21. The first-order chi connectivity index (χ1) is 8.49.